The van der Waals surface area contributed by atoms with Gasteiger partial charge >= 0.3 is 17.9 Å². The highest BCUT2D eigenvalue weighted by Gasteiger charge is 2.25. The number of rotatable bonds is 74. The van der Waals surface area contributed by atoms with Crippen molar-refractivity contribution >= 4 is 17.9 Å². The van der Waals surface area contributed by atoms with Crippen LogP contribution < -0.4 is 0 Å². The van der Waals surface area contributed by atoms with Crippen LogP contribution in [0.5, 0.6) is 0 Å². The van der Waals surface area contributed by atoms with E-state index in [0.717, 1.165) is 51.4 Å². The molecule has 9 nitrogen and oxygen atoms in total. The summed E-state index contributed by atoms with van der Waals surface area (Å²) in [5.74, 6) is -1.98. The number of carbonyl (C=O) groups is 3. The molecule has 0 rings (SSSR count). The fourth-order valence-corrected chi connectivity index (χ4v) is 11.9. The van der Waals surface area contributed by atoms with Gasteiger partial charge in [0.15, 0.2) is 6.10 Å². The molecule has 9 heteroatoms. The molecular formula is C80H152NO8+. The summed E-state index contributed by atoms with van der Waals surface area (Å²) >= 11 is 0. The van der Waals surface area contributed by atoms with Gasteiger partial charge < -0.3 is 28.5 Å². The Morgan fingerprint density at radius 2 is 0.607 bits per heavy atom. The fourth-order valence-electron chi connectivity index (χ4n) is 11.9. The molecule has 0 aromatic carbocycles. The number of hydrogen-bond donors (Lipinski definition) is 1. The number of carbonyl (C=O) groups excluding carboxylic acids is 2. The molecule has 0 fully saturated rings. The van der Waals surface area contributed by atoms with Crippen molar-refractivity contribution < 1.29 is 42.9 Å². The first kappa shape index (κ1) is 86.5. The molecule has 0 aliphatic rings. The Morgan fingerprint density at radius 1 is 0.337 bits per heavy atom. The van der Waals surface area contributed by atoms with Crippen LogP contribution in [0.1, 0.15) is 399 Å². The van der Waals surface area contributed by atoms with Crippen LogP contribution in [0, 0.1) is 0 Å². The van der Waals surface area contributed by atoms with Gasteiger partial charge in [-0.05, 0) is 51.4 Å². The zero-order chi connectivity index (χ0) is 64.7. The van der Waals surface area contributed by atoms with E-state index in [0.29, 0.717) is 17.4 Å². The Morgan fingerprint density at radius 3 is 0.899 bits per heavy atom. The summed E-state index contributed by atoms with van der Waals surface area (Å²) in [5.41, 5.74) is 0. The van der Waals surface area contributed by atoms with Gasteiger partial charge in [-0.25, -0.2) is 4.79 Å². The lowest BCUT2D eigenvalue weighted by atomic mass is 10.0. The molecule has 0 bridgehead atoms. The van der Waals surface area contributed by atoms with Gasteiger partial charge in [0, 0.05) is 12.8 Å². The molecule has 1 N–H and O–H groups in total. The van der Waals surface area contributed by atoms with Crippen LogP contribution in [0.2, 0.25) is 0 Å². The van der Waals surface area contributed by atoms with Gasteiger partial charge in [-0.2, -0.15) is 0 Å². The predicted octanol–water partition coefficient (Wildman–Crippen LogP) is 24.7. The van der Waals surface area contributed by atoms with E-state index >= 15 is 0 Å². The molecule has 0 aliphatic heterocycles. The van der Waals surface area contributed by atoms with E-state index in [4.69, 9.17) is 18.9 Å². The third kappa shape index (κ3) is 72.8. The second-order valence-corrected chi connectivity index (χ2v) is 28.0. The normalized spacial score (nSPS) is 12.8. The second-order valence-electron chi connectivity index (χ2n) is 28.0. The van der Waals surface area contributed by atoms with Crippen molar-refractivity contribution in [3.63, 3.8) is 0 Å². The van der Waals surface area contributed by atoms with Crippen LogP contribution in [0.4, 0.5) is 0 Å². The quantitative estimate of drug-likeness (QED) is 0.0211. The number of hydrogen-bond acceptors (Lipinski definition) is 7. The van der Waals surface area contributed by atoms with Crippen LogP contribution in [-0.4, -0.2) is 87.4 Å². The zero-order valence-corrected chi connectivity index (χ0v) is 60.1. The summed E-state index contributed by atoms with van der Waals surface area (Å²) in [5, 5.41) is 9.76. The summed E-state index contributed by atoms with van der Waals surface area (Å²) < 4.78 is 23.0. The largest absolute Gasteiger partial charge is 0.477 e. The fraction of sp³-hybridized carbons (Fsp3) is 0.887. The van der Waals surface area contributed by atoms with Crippen molar-refractivity contribution in [2.24, 2.45) is 0 Å². The topological polar surface area (TPSA) is 108 Å². The van der Waals surface area contributed by atoms with Crippen molar-refractivity contribution in [2.45, 2.75) is 411 Å². The van der Waals surface area contributed by atoms with E-state index in [1.54, 1.807) is 0 Å². The van der Waals surface area contributed by atoms with E-state index in [-0.39, 0.29) is 38.2 Å². The Balaban J connectivity index is 3.97. The van der Waals surface area contributed by atoms with E-state index < -0.39 is 18.4 Å². The molecule has 0 heterocycles. The molecule has 89 heavy (non-hydrogen) atoms. The Hall–Kier alpha value is -2.49. The molecule has 0 aliphatic carbocycles. The van der Waals surface area contributed by atoms with Gasteiger partial charge in [-0.3, -0.25) is 9.59 Å². The molecule has 0 aromatic heterocycles. The maximum Gasteiger partial charge on any atom is 0.361 e. The van der Waals surface area contributed by atoms with Gasteiger partial charge in [0.1, 0.15) is 13.2 Å². The minimum atomic E-state index is -1.51. The maximum atomic E-state index is 13.0. The number of carboxylic acid groups (broad SMARTS) is 1. The molecule has 0 spiro atoms. The molecule has 524 valence electrons. The first-order valence-corrected chi connectivity index (χ1v) is 39.2. The van der Waals surface area contributed by atoms with Crippen LogP contribution >= 0.6 is 0 Å². The number of quaternary nitrogens is 1. The lowest BCUT2D eigenvalue weighted by molar-refractivity contribution is -0.870. The van der Waals surface area contributed by atoms with Crippen molar-refractivity contribution in [3.8, 4) is 0 Å². The highest BCUT2D eigenvalue weighted by molar-refractivity contribution is 5.71. The highest BCUT2D eigenvalue weighted by atomic mass is 16.7. The number of allylic oxidation sites excluding steroid dienone is 6. The summed E-state index contributed by atoms with van der Waals surface area (Å²) in [7, 11) is 5.99. The summed E-state index contributed by atoms with van der Waals surface area (Å²) in [4.78, 5) is 37.7. The third-order valence-corrected chi connectivity index (χ3v) is 17.9. The number of likely N-dealkylation sites (N-methyl/N-ethyl adjacent to an activating group) is 1. The minimum absolute atomic E-state index is 0.178. The maximum absolute atomic E-state index is 13.0. The Labute approximate surface area is 553 Å². The lowest BCUT2D eigenvalue weighted by Crippen LogP contribution is -2.40. The van der Waals surface area contributed by atoms with Gasteiger partial charge in [-0.15, -0.1) is 0 Å². The van der Waals surface area contributed by atoms with Crippen molar-refractivity contribution in [3.05, 3.63) is 36.5 Å². The van der Waals surface area contributed by atoms with E-state index in [1.165, 1.54) is 321 Å². The molecule has 0 radical (unpaired) electrons. The molecule has 0 aromatic rings. The highest BCUT2D eigenvalue weighted by Crippen LogP contribution is 2.20. The molecular weight excluding hydrogens is 1100 g/mol. The Kier molecular flexibility index (Phi) is 69.4. The number of carboxylic acids is 1. The first-order chi connectivity index (χ1) is 43.6. The standard InChI is InChI=1S/C80H151NO8/c1-6-8-10-12-14-16-18-20-22-24-26-28-30-32-34-35-36-37-38-39-40-41-42-43-45-46-48-50-52-54-56-58-60-62-64-66-68-70-77(82)87-74-76(75-88-80(79(84)85)86-73-72-81(3,4)5)89-78(83)71-69-67-65-63-61-59-57-55-53-51-49-47-44-33-31-29-27-25-23-21-19-17-15-13-11-9-7-2/h19,21,25,27,31,33,76,80H,6-18,20,22-24,26,28-30,32,34-75H2,1-5H3/p+1/b21-19-,27-25-,33-31-. The monoisotopic (exact) mass is 1260 g/mol. The van der Waals surface area contributed by atoms with Gasteiger partial charge in [-0.1, -0.05) is 371 Å². The number of esters is 2. The number of nitrogens with zero attached hydrogens (tertiary/aromatic N) is 1. The van der Waals surface area contributed by atoms with Crippen LogP contribution in [0.15, 0.2) is 36.5 Å². The van der Waals surface area contributed by atoms with Crippen molar-refractivity contribution in [1.29, 1.82) is 0 Å². The first-order valence-electron chi connectivity index (χ1n) is 39.2. The van der Waals surface area contributed by atoms with Crippen molar-refractivity contribution in [2.75, 3.05) is 47.5 Å². The molecule has 0 amide bonds. The summed E-state index contributed by atoms with van der Waals surface area (Å²) in [6.45, 7) is 4.94. The predicted molar refractivity (Wildman–Crippen MR) is 383 cm³/mol. The Bertz CT molecular complexity index is 1550. The average molecular weight is 1260 g/mol. The molecule has 0 saturated heterocycles. The summed E-state index contributed by atoms with van der Waals surface area (Å²) in [6, 6.07) is 0. The smallest absolute Gasteiger partial charge is 0.361 e. The molecule has 2 atom stereocenters. The minimum Gasteiger partial charge on any atom is -0.477 e. The number of unbranched alkanes of at least 4 members (excludes halogenated alkanes) is 53. The van der Waals surface area contributed by atoms with E-state index in [2.05, 4.69) is 50.3 Å². The number of aliphatic carboxylic acids is 1. The zero-order valence-electron chi connectivity index (χ0n) is 60.1. The van der Waals surface area contributed by atoms with Crippen molar-refractivity contribution in [1.82, 2.24) is 0 Å². The molecule has 2 unspecified atom stereocenters. The van der Waals surface area contributed by atoms with Crippen LogP contribution in [0.25, 0.3) is 0 Å². The third-order valence-electron chi connectivity index (χ3n) is 17.9. The molecule has 0 saturated carbocycles. The van der Waals surface area contributed by atoms with Gasteiger partial charge in [0.2, 0.25) is 0 Å². The average Bonchev–Trinajstić information content (AvgIpc) is 3.64. The summed E-state index contributed by atoms with van der Waals surface area (Å²) in [6.07, 6.45) is 88.7. The van der Waals surface area contributed by atoms with Crippen LogP contribution in [0.3, 0.4) is 0 Å². The second kappa shape index (κ2) is 71.4. The van der Waals surface area contributed by atoms with Crippen LogP contribution in [-0.2, 0) is 33.3 Å². The van der Waals surface area contributed by atoms with E-state index in [1.807, 2.05) is 21.1 Å². The van der Waals surface area contributed by atoms with E-state index in [9.17, 15) is 19.5 Å². The SMILES string of the molecule is CCCCCCC/C=C\C/C=C\C/C=C\CCCCCCCCCCCCCCC(=O)OC(COC(=O)CCCCCCCCCCCCCCCCCCCCCCCCCCCCCCCCCCCCCCC)COC(OCC[N+](C)(C)C)C(=O)O. The van der Waals surface area contributed by atoms with Gasteiger partial charge in [0.25, 0.3) is 6.29 Å². The number of ether oxygens (including phenoxy) is 4. The lowest BCUT2D eigenvalue weighted by Gasteiger charge is -2.25. The van der Waals surface area contributed by atoms with Gasteiger partial charge in [0.05, 0.1) is 34.4 Å².